The Morgan fingerprint density at radius 3 is 2.38 bits per heavy atom. The van der Waals surface area contributed by atoms with Crippen molar-refractivity contribution >= 4 is 10.0 Å². The molecule has 2 saturated carbocycles. The molecule has 0 bridgehead atoms. The van der Waals surface area contributed by atoms with Crippen LogP contribution in [0.5, 0.6) is 5.75 Å². The van der Waals surface area contributed by atoms with Gasteiger partial charge in [0, 0.05) is 17.8 Å². The van der Waals surface area contributed by atoms with E-state index in [1.165, 1.54) is 16.8 Å². The van der Waals surface area contributed by atoms with Gasteiger partial charge in [0.15, 0.2) is 0 Å². The lowest BCUT2D eigenvalue weighted by atomic mass is 9.91. The average molecular weight is 381 g/mol. The Morgan fingerprint density at radius 1 is 1.08 bits per heavy atom. The number of pyridine rings is 1. The van der Waals surface area contributed by atoms with Crippen molar-refractivity contribution in [3.05, 3.63) is 28.2 Å². The number of hydrogen-bond acceptors (Lipinski definition) is 4. The molecule has 144 valence electrons. The maximum absolute atomic E-state index is 12.5. The molecule has 1 aliphatic heterocycles. The van der Waals surface area contributed by atoms with Gasteiger partial charge in [0.05, 0.1) is 18.8 Å². The number of ether oxygens (including phenoxy) is 1. The van der Waals surface area contributed by atoms with Gasteiger partial charge in [0.25, 0.3) is 5.56 Å². The van der Waals surface area contributed by atoms with Gasteiger partial charge in [-0.3, -0.25) is 4.79 Å². The highest BCUT2D eigenvalue weighted by Crippen LogP contribution is 2.35. The van der Waals surface area contributed by atoms with E-state index in [2.05, 4.69) is 0 Å². The van der Waals surface area contributed by atoms with Crippen LogP contribution in [0.1, 0.15) is 56.7 Å². The minimum atomic E-state index is -3.19. The van der Waals surface area contributed by atoms with E-state index in [0.29, 0.717) is 30.8 Å². The fraction of sp³-hybridized carbons (Fsp3) is 0.737. The smallest absolute Gasteiger partial charge is 0.254 e. The van der Waals surface area contributed by atoms with Gasteiger partial charge in [0.1, 0.15) is 11.9 Å². The number of nitrogens with zero attached hydrogens (tertiary/aromatic N) is 2. The fourth-order valence-corrected chi connectivity index (χ4v) is 6.13. The van der Waals surface area contributed by atoms with Gasteiger partial charge in [-0.25, -0.2) is 8.42 Å². The van der Waals surface area contributed by atoms with E-state index in [4.69, 9.17) is 4.74 Å². The van der Waals surface area contributed by atoms with Gasteiger partial charge in [-0.05, 0) is 44.6 Å². The van der Waals surface area contributed by atoms with Crippen molar-refractivity contribution in [2.75, 3.05) is 18.8 Å². The second-order valence-corrected chi connectivity index (χ2v) is 10.1. The molecule has 0 unspecified atom stereocenters. The molecular weight excluding hydrogens is 352 g/mol. The third-order valence-corrected chi connectivity index (χ3v) is 7.81. The molecule has 0 radical (unpaired) electrons. The monoisotopic (exact) mass is 380 g/mol. The minimum Gasteiger partial charge on any atom is -0.487 e. The second-order valence-electron chi connectivity index (χ2n) is 8.11. The summed E-state index contributed by atoms with van der Waals surface area (Å²) in [4.78, 5) is 12.3. The summed E-state index contributed by atoms with van der Waals surface area (Å²) in [5.74, 6) is 1.14. The molecule has 3 fully saturated rings. The topological polar surface area (TPSA) is 68.6 Å². The summed E-state index contributed by atoms with van der Waals surface area (Å²) in [5.41, 5.74) is 0.889. The van der Waals surface area contributed by atoms with E-state index < -0.39 is 10.0 Å². The van der Waals surface area contributed by atoms with Gasteiger partial charge >= 0.3 is 0 Å². The number of sulfonamides is 1. The zero-order valence-electron chi connectivity index (χ0n) is 15.4. The molecule has 0 spiro atoms. The highest BCUT2D eigenvalue weighted by atomic mass is 32.2. The fourth-order valence-electron chi connectivity index (χ4n) is 4.20. The highest BCUT2D eigenvalue weighted by Gasteiger charge is 2.38. The highest BCUT2D eigenvalue weighted by molar-refractivity contribution is 7.89. The Hall–Kier alpha value is -1.34. The molecule has 0 atom stereocenters. The Balaban J connectivity index is 1.33. The second kappa shape index (κ2) is 7.00. The van der Waals surface area contributed by atoms with Crippen molar-refractivity contribution < 1.29 is 13.2 Å². The molecule has 0 amide bonds. The van der Waals surface area contributed by atoms with Crippen LogP contribution < -0.4 is 10.3 Å². The van der Waals surface area contributed by atoms with Crippen LogP contribution in [0.2, 0.25) is 0 Å². The van der Waals surface area contributed by atoms with Gasteiger partial charge in [-0.1, -0.05) is 19.3 Å². The molecule has 2 heterocycles. The van der Waals surface area contributed by atoms with E-state index in [1.54, 1.807) is 0 Å². The molecule has 1 aromatic rings. The van der Waals surface area contributed by atoms with Crippen LogP contribution in [-0.2, 0) is 10.0 Å². The third kappa shape index (κ3) is 3.83. The molecule has 0 aromatic carbocycles. The molecule has 4 rings (SSSR count). The summed E-state index contributed by atoms with van der Waals surface area (Å²) in [6.07, 6.45) is 7.57. The van der Waals surface area contributed by atoms with Crippen LogP contribution in [0, 0.1) is 12.8 Å². The third-order valence-electron chi connectivity index (χ3n) is 5.83. The maximum Gasteiger partial charge on any atom is 0.254 e. The summed E-state index contributed by atoms with van der Waals surface area (Å²) in [6, 6.07) is 3.77. The Bertz CT molecular complexity index is 816. The number of aryl methyl sites for hydroxylation is 1. The van der Waals surface area contributed by atoms with Crippen LogP contribution in [0.4, 0.5) is 0 Å². The molecule has 2 aliphatic carbocycles. The normalized spacial score (nSPS) is 23.0. The van der Waals surface area contributed by atoms with E-state index in [0.717, 1.165) is 44.2 Å². The largest absolute Gasteiger partial charge is 0.487 e. The maximum atomic E-state index is 12.5. The zero-order chi connectivity index (χ0) is 18.3. The van der Waals surface area contributed by atoms with Gasteiger partial charge in [-0.2, -0.15) is 4.31 Å². The molecule has 1 aromatic heterocycles. The first kappa shape index (κ1) is 18.0. The van der Waals surface area contributed by atoms with Crippen molar-refractivity contribution in [1.82, 2.24) is 8.87 Å². The molecule has 26 heavy (non-hydrogen) atoms. The predicted molar refractivity (Wildman–Crippen MR) is 100 cm³/mol. The van der Waals surface area contributed by atoms with E-state index in [-0.39, 0.29) is 17.4 Å². The van der Waals surface area contributed by atoms with E-state index in [9.17, 15) is 13.2 Å². The molecule has 3 aliphatic rings. The van der Waals surface area contributed by atoms with Gasteiger partial charge < -0.3 is 9.30 Å². The van der Waals surface area contributed by atoms with E-state index in [1.807, 2.05) is 17.6 Å². The Morgan fingerprint density at radius 2 is 1.77 bits per heavy atom. The lowest BCUT2D eigenvalue weighted by molar-refractivity contribution is 0.0754. The Labute approximate surface area is 155 Å². The first-order chi connectivity index (χ1) is 12.4. The van der Waals surface area contributed by atoms with Crippen LogP contribution in [0.3, 0.4) is 0 Å². The lowest BCUT2D eigenvalue weighted by Crippen LogP contribution is -2.57. The number of aromatic nitrogens is 1. The Kier molecular flexibility index (Phi) is 4.86. The van der Waals surface area contributed by atoms with Crippen LogP contribution in [0.15, 0.2) is 16.9 Å². The molecular formula is C19H28N2O4S. The molecule has 6 nitrogen and oxygen atoms in total. The average Bonchev–Trinajstić information content (AvgIpc) is 3.35. The van der Waals surface area contributed by atoms with Crippen LogP contribution in [0.25, 0.3) is 0 Å². The summed E-state index contributed by atoms with van der Waals surface area (Å²) in [6.45, 7) is 2.70. The summed E-state index contributed by atoms with van der Waals surface area (Å²) < 4.78 is 34.3. The van der Waals surface area contributed by atoms with Crippen molar-refractivity contribution in [1.29, 1.82) is 0 Å². The SMILES string of the molecule is Cc1cc(OC2CN(S(=O)(=O)CC3CCCCC3)C2)cc(=O)n1C1CC1. The van der Waals surface area contributed by atoms with Gasteiger partial charge in [-0.15, -0.1) is 0 Å². The first-order valence-corrected chi connectivity index (χ1v) is 11.4. The summed E-state index contributed by atoms with van der Waals surface area (Å²) in [5, 5.41) is 0. The first-order valence-electron chi connectivity index (χ1n) is 9.80. The van der Waals surface area contributed by atoms with Crippen molar-refractivity contribution in [3.63, 3.8) is 0 Å². The molecule has 0 N–H and O–H groups in total. The van der Waals surface area contributed by atoms with Gasteiger partial charge in [0.2, 0.25) is 10.0 Å². The van der Waals surface area contributed by atoms with Crippen molar-refractivity contribution in [2.45, 2.75) is 64.0 Å². The quantitative estimate of drug-likeness (QED) is 0.760. The van der Waals surface area contributed by atoms with Crippen molar-refractivity contribution in [2.24, 2.45) is 5.92 Å². The lowest BCUT2D eigenvalue weighted by Gasteiger charge is -2.38. The predicted octanol–water partition coefficient (Wildman–Crippen LogP) is 2.46. The molecule has 1 saturated heterocycles. The number of hydrogen-bond donors (Lipinski definition) is 0. The van der Waals surface area contributed by atoms with E-state index >= 15 is 0 Å². The van der Waals surface area contributed by atoms with Crippen LogP contribution in [-0.4, -0.2) is 42.2 Å². The molecule has 7 heteroatoms. The number of rotatable bonds is 6. The summed E-state index contributed by atoms with van der Waals surface area (Å²) in [7, 11) is -3.19. The zero-order valence-corrected chi connectivity index (χ0v) is 16.2. The minimum absolute atomic E-state index is 0.0244. The van der Waals surface area contributed by atoms with Crippen molar-refractivity contribution in [3.8, 4) is 5.75 Å². The standard InChI is InChI=1S/C19H28N2O4S/c1-14-9-17(10-19(22)21(14)16-7-8-16)25-18-11-20(12-18)26(23,24)13-15-5-3-2-4-6-15/h9-10,15-16,18H,2-8,11-13H2,1H3. The summed E-state index contributed by atoms with van der Waals surface area (Å²) >= 11 is 0. The van der Waals surface area contributed by atoms with Crippen LogP contribution >= 0.6 is 0 Å².